The van der Waals surface area contributed by atoms with Crippen LogP contribution in [0.3, 0.4) is 0 Å². The summed E-state index contributed by atoms with van der Waals surface area (Å²) in [5, 5.41) is 0. The average Bonchev–Trinajstić information content (AvgIpc) is 2.74. The summed E-state index contributed by atoms with van der Waals surface area (Å²) in [5.74, 6) is 1.74. The van der Waals surface area contributed by atoms with Crippen LogP contribution < -0.4 is 0 Å². The number of aromatic nitrogens is 2. The maximum atomic E-state index is 4.62. The molecule has 1 aliphatic heterocycles. The van der Waals surface area contributed by atoms with E-state index in [0.29, 0.717) is 5.92 Å². The Morgan fingerprint density at radius 1 is 1.41 bits per heavy atom. The van der Waals surface area contributed by atoms with Gasteiger partial charge >= 0.3 is 0 Å². The third kappa shape index (κ3) is 2.00. The molecule has 0 spiro atoms. The van der Waals surface area contributed by atoms with Gasteiger partial charge in [-0.25, -0.2) is 4.98 Å². The van der Waals surface area contributed by atoms with Crippen molar-refractivity contribution in [3.8, 4) is 0 Å². The van der Waals surface area contributed by atoms with Crippen LogP contribution in [0.15, 0.2) is 29.0 Å². The molecule has 1 unspecified atom stereocenters. The molecule has 3 nitrogen and oxygen atoms in total. The molecule has 0 amide bonds. The standard InChI is InChI=1S/C13H16BrN3/c1-16-7-3-4-10(9-16)13-15-8-11-5-2-6-12(14)17(11)13/h2,5-6,8,10H,3-4,7,9H2,1H3. The number of pyridine rings is 1. The van der Waals surface area contributed by atoms with E-state index in [-0.39, 0.29) is 0 Å². The molecule has 1 fully saturated rings. The first-order valence-electron chi connectivity index (χ1n) is 6.06. The molecule has 0 N–H and O–H groups in total. The van der Waals surface area contributed by atoms with E-state index >= 15 is 0 Å². The van der Waals surface area contributed by atoms with E-state index in [4.69, 9.17) is 0 Å². The van der Waals surface area contributed by atoms with Crippen molar-refractivity contribution in [1.29, 1.82) is 0 Å². The lowest BCUT2D eigenvalue weighted by atomic mass is 9.98. The summed E-state index contributed by atoms with van der Waals surface area (Å²) in [5.41, 5.74) is 1.17. The molecular weight excluding hydrogens is 278 g/mol. The number of rotatable bonds is 1. The van der Waals surface area contributed by atoms with Gasteiger partial charge in [-0.1, -0.05) is 6.07 Å². The van der Waals surface area contributed by atoms with Crippen LogP contribution in [0.1, 0.15) is 24.6 Å². The third-order valence-corrected chi connectivity index (χ3v) is 4.14. The molecule has 0 aromatic carbocycles. The summed E-state index contributed by atoms with van der Waals surface area (Å²) in [6.45, 7) is 2.32. The van der Waals surface area contributed by atoms with Crippen molar-refractivity contribution < 1.29 is 0 Å². The Kier molecular flexibility index (Phi) is 2.92. The van der Waals surface area contributed by atoms with Crippen LogP contribution in [-0.2, 0) is 0 Å². The smallest absolute Gasteiger partial charge is 0.118 e. The van der Waals surface area contributed by atoms with Crippen molar-refractivity contribution in [1.82, 2.24) is 14.3 Å². The first-order valence-corrected chi connectivity index (χ1v) is 6.85. The van der Waals surface area contributed by atoms with Crippen molar-refractivity contribution in [3.05, 3.63) is 34.8 Å². The Morgan fingerprint density at radius 2 is 2.29 bits per heavy atom. The molecule has 0 aliphatic carbocycles. The molecule has 1 atom stereocenters. The lowest BCUT2D eigenvalue weighted by molar-refractivity contribution is 0.245. The number of hydrogen-bond donors (Lipinski definition) is 0. The van der Waals surface area contributed by atoms with Crippen molar-refractivity contribution in [2.45, 2.75) is 18.8 Å². The number of piperidine rings is 1. The largest absolute Gasteiger partial charge is 0.306 e. The summed E-state index contributed by atoms with van der Waals surface area (Å²) >= 11 is 3.62. The SMILES string of the molecule is CN1CCCC(c2ncc3cccc(Br)n23)C1. The maximum Gasteiger partial charge on any atom is 0.118 e. The Bertz CT molecular complexity index is 534. The van der Waals surface area contributed by atoms with Crippen LogP contribution in [0.25, 0.3) is 5.52 Å². The molecule has 0 saturated carbocycles. The molecule has 3 heterocycles. The number of likely N-dealkylation sites (N-methyl/N-ethyl adjacent to an activating group) is 1. The summed E-state index contributed by atoms with van der Waals surface area (Å²) in [7, 11) is 2.19. The quantitative estimate of drug-likeness (QED) is 0.754. The number of fused-ring (bicyclic) bond motifs is 1. The maximum absolute atomic E-state index is 4.62. The number of halogens is 1. The third-order valence-electron chi connectivity index (χ3n) is 3.52. The molecule has 17 heavy (non-hydrogen) atoms. The van der Waals surface area contributed by atoms with Gasteiger partial charge in [0.05, 0.1) is 16.3 Å². The van der Waals surface area contributed by atoms with E-state index in [0.717, 1.165) is 11.1 Å². The van der Waals surface area contributed by atoms with E-state index < -0.39 is 0 Å². The zero-order valence-corrected chi connectivity index (χ0v) is 11.5. The van der Waals surface area contributed by atoms with E-state index in [9.17, 15) is 0 Å². The van der Waals surface area contributed by atoms with Gasteiger partial charge in [-0.3, -0.25) is 4.40 Å². The molecule has 3 rings (SSSR count). The van der Waals surface area contributed by atoms with Crippen molar-refractivity contribution in [2.24, 2.45) is 0 Å². The summed E-state index contributed by atoms with van der Waals surface area (Å²) < 4.78 is 3.32. The summed E-state index contributed by atoms with van der Waals surface area (Å²) in [6, 6.07) is 6.23. The van der Waals surface area contributed by atoms with Crippen molar-refractivity contribution in [2.75, 3.05) is 20.1 Å². The molecule has 0 radical (unpaired) electrons. The van der Waals surface area contributed by atoms with Crippen LogP contribution >= 0.6 is 15.9 Å². The predicted octanol–water partition coefficient (Wildman–Crippen LogP) is 2.91. The number of nitrogens with zero attached hydrogens (tertiary/aromatic N) is 3. The second-order valence-corrected chi connectivity index (χ2v) is 5.64. The number of likely N-dealkylation sites (tertiary alicyclic amines) is 1. The molecule has 2 aromatic heterocycles. The Labute approximate surface area is 110 Å². The monoisotopic (exact) mass is 293 g/mol. The lowest BCUT2D eigenvalue weighted by Crippen LogP contribution is -2.31. The molecule has 1 aliphatic rings. The molecular formula is C13H16BrN3. The van der Waals surface area contributed by atoms with Gasteiger partial charge in [-0.15, -0.1) is 0 Å². The number of hydrogen-bond acceptors (Lipinski definition) is 2. The first-order chi connectivity index (χ1) is 8.25. The Hall–Kier alpha value is -0.870. The van der Waals surface area contributed by atoms with Gasteiger partial charge in [0.25, 0.3) is 0 Å². The predicted molar refractivity (Wildman–Crippen MR) is 72.4 cm³/mol. The van der Waals surface area contributed by atoms with Crippen LogP contribution in [0.5, 0.6) is 0 Å². The van der Waals surface area contributed by atoms with Gasteiger partial charge in [-0.05, 0) is 54.5 Å². The fraction of sp³-hybridized carbons (Fsp3) is 0.462. The Morgan fingerprint density at radius 3 is 3.12 bits per heavy atom. The van der Waals surface area contributed by atoms with E-state index in [1.807, 2.05) is 6.20 Å². The van der Waals surface area contributed by atoms with E-state index in [1.165, 1.54) is 30.7 Å². The van der Waals surface area contributed by atoms with Crippen LogP contribution in [0, 0.1) is 0 Å². The highest BCUT2D eigenvalue weighted by Gasteiger charge is 2.23. The van der Waals surface area contributed by atoms with Crippen molar-refractivity contribution in [3.63, 3.8) is 0 Å². The topological polar surface area (TPSA) is 20.5 Å². The highest BCUT2D eigenvalue weighted by Crippen LogP contribution is 2.28. The fourth-order valence-corrected chi connectivity index (χ4v) is 3.24. The molecule has 1 saturated heterocycles. The minimum Gasteiger partial charge on any atom is -0.306 e. The van der Waals surface area contributed by atoms with Gasteiger partial charge in [0, 0.05) is 12.5 Å². The van der Waals surface area contributed by atoms with Crippen LogP contribution in [0.4, 0.5) is 0 Å². The van der Waals surface area contributed by atoms with Crippen LogP contribution in [-0.4, -0.2) is 34.4 Å². The van der Waals surface area contributed by atoms with Crippen molar-refractivity contribution >= 4 is 21.4 Å². The van der Waals surface area contributed by atoms with E-state index in [2.05, 4.69) is 55.5 Å². The second-order valence-electron chi connectivity index (χ2n) is 4.83. The van der Waals surface area contributed by atoms with Gasteiger partial charge in [0.1, 0.15) is 5.82 Å². The average molecular weight is 294 g/mol. The first kappa shape index (κ1) is 11.2. The van der Waals surface area contributed by atoms with Gasteiger partial charge < -0.3 is 4.90 Å². The lowest BCUT2D eigenvalue weighted by Gasteiger charge is -2.29. The fourth-order valence-electron chi connectivity index (χ4n) is 2.70. The summed E-state index contributed by atoms with van der Waals surface area (Å²) in [6.07, 6.45) is 4.47. The number of imidazole rings is 1. The highest BCUT2D eigenvalue weighted by atomic mass is 79.9. The zero-order chi connectivity index (χ0) is 11.8. The molecule has 90 valence electrons. The molecule has 2 aromatic rings. The van der Waals surface area contributed by atoms with E-state index in [1.54, 1.807) is 0 Å². The minimum atomic E-state index is 0.551. The van der Waals surface area contributed by atoms with Gasteiger partial charge in [0.15, 0.2) is 0 Å². The zero-order valence-electron chi connectivity index (χ0n) is 9.93. The van der Waals surface area contributed by atoms with Gasteiger partial charge in [0.2, 0.25) is 0 Å². The second kappa shape index (κ2) is 4.42. The Balaban J connectivity index is 2.05. The minimum absolute atomic E-state index is 0.551. The normalized spacial score (nSPS) is 22.1. The highest BCUT2D eigenvalue weighted by molar-refractivity contribution is 9.10. The summed E-state index contributed by atoms with van der Waals surface area (Å²) in [4.78, 5) is 7.02. The van der Waals surface area contributed by atoms with Gasteiger partial charge in [-0.2, -0.15) is 0 Å². The van der Waals surface area contributed by atoms with Crippen LogP contribution in [0.2, 0.25) is 0 Å². The molecule has 0 bridgehead atoms. The molecule has 4 heteroatoms.